The highest BCUT2D eigenvalue weighted by molar-refractivity contribution is 9.10. The van der Waals surface area contributed by atoms with Crippen LogP contribution < -0.4 is 10.6 Å². The van der Waals surface area contributed by atoms with Gasteiger partial charge in [-0.2, -0.15) is 0 Å². The van der Waals surface area contributed by atoms with Crippen molar-refractivity contribution in [1.29, 1.82) is 0 Å². The molecule has 1 amide bonds. The number of aliphatic hydroxyl groups is 1. The predicted molar refractivity (Wildman–Crippen MR) is 67.3 cm³/mol. The van der Waals surface area contributed by atoms with E-state index in [-0.39, 0.29) is 5.91 Å². The van der Waals surface area contributed by atoms with Gasteiger partial charge in [0.05, 0.1) is 0 Å². The highest BCUT2D eigenvalue weighted by atomic mass is 79.9. The molecule has 1 aromatic carbocycles. The van der Waals surface area contributed by atoms with Gasteiger partial charge in [0.2, 0.25) is 5.91 Å². The molecule has 0 saturated heterocycles. The number of carbonyl (C=O) groups is 1. The minimum Gasteiger partial charge on any atom is -0.384 e. The molecule has 0 spiro atoms. The zero-order chi connectivity index (χ0) is 12.0. The second-order valence-corrected chi connectivity index (χ2v) is 4.32. The molecule has 0 bridgehead atoms. The first kappa shape index (κ1) is 13.0. The number of benzene rings is 1. The van der Waals surface area contributed by atoms with Crippen LogP contribution >= 0.6 is 15.9 Å². The molecule has 0 radical (unpaired) electrons. The van der Waals surface area contributed by atoms with Crippen LogP contribution in [0.5, 0.6) is 0 Å². The number of aliphatic hydroxyl groups excluding tert-OH is 1. The van der Waals surface area contributed by atoms with E-state index in [1.807, 2.05) is 24.3 Å². The summed E-state index contributed by atoms with van der Waals surface area (Å²) in [4.78, 5) is 11.0. The van der Waals surface area contributed by atoms with Crippen molar-refractivity contribution < 1.29 is 9.90 Å². The first-order valence-electron chi connectivity index (χ1n) is 5.05. The fourth-order valence-corrected chi connectivity index (χ4v) is 1.54. The Labute approximate surface area is 103 Å². The molecule has 0 heterocycles. The van der Waals surface area contributed by atoms with E-state index < -0.39 is 6.10 Å². The SMILES string of the molecule is CC(O)C(=O)NCCNc1cccc(Br)c1. The normalized spacial score (nSPS) is 11.9. The lowest BCUT2D eigenvalue weighted by Gasteiger charge is -2.09. The Morgan fingerprint density at radius 3 is 2.88 bits per heavy atom. The van der Waals surface area contributed by atoms with Gasteiger partial charge in [-0.1, -0.05) is 22.0 Å². The van der Waals surface area contributed by atoms with Crippen LogP contribution in [0, 0.1) is 0 Å². The molecule has 0 fully saturated rings. The molecule has 4 nitrogen and oxygen atoms in total. The van der Waals surface area contributed by atoms with E-state index in [1.165, 1.54) is 6.92 Å². The van der Waals surface area contributed by atoms with Crippen molar-refractivity contribution >= 4 is 27.5 Å². The van der Waals surface area contributed by atoms with Gasteiger partial charge in [-0.15, -0.1) is 0 Å². The summed E-state index contributed by atoms with van der Waals surface area (Å²) in [6.07, 6.45) is -0.953. The summed E-state index contributed by atoms with van der Waals surface area (Å²) < 4.78 is 1.01. The molecule has 1 aromatic rings. The number of carbonyl (C=O) groups excluding carboxylic acids is 1. The number of halogens is 1. The van der Waals surface area contributed by atoms with Crippen LogP contribution in [0.1, 0.15) is 6.92 Å². The third-order valence-electron chi connectivity index (χ3n) is 1.96. The summed E-state index contributed by atoms with van der Waals surface area (Å²) in [7, 11) is 0. The van der Waals surface area contributed by atoms with E-state index in [9.17, 15) is 4.79 Å². The summed E-state index contributed by atoms with van der Waals surface area (Å²) in [5, 5.41) is 14.7. The number of rotatable bonds is 5. The van der Waals surface area contributed by atoms with Crippen LogP contribution in [0.4, 0.5) is 5.69 Å². The number of anilines is 1. The maximum Gasteiger partial charge on any atom is 0.248 e. The minimum absolute atomic E-state index is 0.351. The van der Waals surface area contributed by atoms with Crippen molar-refractivity contribution in [3.63, 3.8) is 0 Å². The van der Waals surface area contributed by atoms with Crippen LogP contribution in [0.25, 0.3) is 0 Å². The Morgan fingerprint density at radius 1 is 1.50 bits per heavy atom. The second-order valence-electron chi connectivity index (χ2n) is 3.40. The van der Waals surface area contributed by atoms with Gasteiger partial charge in [-0.25, -0.2) is 0 Å². The molecule has 88 valence electrons. The van der Waals surface area contributed by atoms with Crippen molar-refractivity contribution in [3.05, 3.63) is 28.7 Å². The van der Waals surface area contributed by atoms with Gasteiger partial charge in [0.1, 0.15) is 6.10 Å². The van der Waals surface area contributed by atoms with Crippen molar-refractivity contribution in [2.24, 2.45) is 0 Å². The number of hydrogen-bond donors (Lipinski definition) is 3. The first-order valence-corrected chi connectivity index (χ1v) is 5.84. The Balaban J connectivity index is 2.23. The molecule has 1 atom stereocenters. The quantitative estimate of drug-likeness (QED) is 0.717. The van der Waals surface area contributed by atoms with Gasteiger partial charge < -0.3 is 15.7 Å². The molecule has 5 heteroatoms. The molecule has 0 aliphatic rings. The fraction of sp³-hybridized carbons (Fsp3) is 0.364. The average Bonchev–Trinajstić information content (AvgIpc) is 2.24. The van der Waals surface area contributed by atoms with Crippen molar-refractivity contribution in [2.75, 3.05) is 18.4 Å². The average molecular weight is 287 g/mol. The molecule has 0 aliphatic heterocycles. The summed E-state index contributed by atoms with van der Waals surface area (Å²) >= 11 is 3.37. The topological polar surface area (TPSA) is 61.4 Å². The van der Waals surface area contributed by atoms with Gasteiger partial charge in [0.25, 0.3) is 0 Å². The Morgan fingerprint density at radius 2 is 2.25 bits per heavy atom. The number of nitrogens with one attached hydrogen (secondary N) is 2. The number of amides is 1. The van der Waals surface area contributed by atoms with E-state index >= 15 is 0 Å². The predicted octanol–water partition coefficient (Wildman–Crippen LogP) is 1.36. The lowest BCUT2D eigenvalue weighted by molar-refractivity contribution is -0.128. The summed E-state index contributed by atoms with van der Waals surface area (Å²) in [5.41, 5.74) is 0.987. The zero-order valence-electron chi connectivity index (χ0n) is 9.03. The maximum atomic E-state index is 11.0. The van der Waals surface area contributed by atoms with E-state index in [0.29, 0.717) is 13.1 Å². The molecule has 3 N–H and O–H groups in total. The van der Waals surface area contributed by atoms with Crippen molar-refractivity contribution in [1.82, 2.24) is 5.32 Å². The summed E-state index contributed by atoms with van der Waals surface area (Å²) in [6, 6.07) is 7.78. The van der Waals surface area contributed by atoms with Crippen molar-refractivity contribution in [2.45, 2.75) is 13.0 Å². The van der Waals surface area contributed by atoms with E-state index in [0.717, 1.165) is 10.2 Å². The summed E-state index contributed by atoms with van der Waals surface area (Å²) in [6.45, 7) is 2.54. The molecular formula is C11H15BrN2O2. The fourth-order valence-electron chi connectivity index (χ4n) is 1.14. The van der Waals surface area contributed by atoms with E-state index in [1.54, 1.807) is 0 Å². The smallest absolute Gasteiger partial charge is 0.248 e. The van der Waals surface area contributed by atoms with E-state index in [2.05, 4.69) is 26.6 Å². The van der Waals surface area contributed by atoms with Crippen LogP contribution in [0.2, 0.25) is 0 Å². The lowest BCUT2D eigenvalue weighted by atomic mass is 10.3. The van der Waals surface area contributed by atoms with Crippen molar-refractivity contribution in [3.8, 4) is 0 Å². The largest absolute Gasteiger partial charge is 0.384 e. The zero-order valence-corrected chi connectivity index (χ0v) is 10.6. The van der Waals surface area contributed by atoms with Crippen LogP contribution in [0.15, 0.2) is 28.7 Å². The third kappa shape index (κ3) is 4.63. The van der Waals surface area contributed by atoms with Crippen LogP contribution in [-0.2, 0) is 4.79 Å². The standard InChI is InChI=1S/C11H15BrN2O2/c1-8(15)11(16)14-6-5-13-10-4-2-3-9(12)7-10/h2-4,7-8,13,15H,5-6H2,1H3,(H,14,16). The molecule has 0 saturated carbocycles. The molecular weight excluding hydrogens is 272 g/mol. The molecule has 0 aliphatic carbocycles. The minimum atomic E-state index is -0.953. The van der Waals surface area contributed by atoms with Crippen LogP contribution in [-0.4, -0.2) is 30.2 Å². The highest BCUT2D eigenvalue weighted by Crippen LogP contribution is 2.14. The maximum absolute atomic E-state index is 11.0. The van der Waals surface area contributed by atoms with Gasteiger partial charge in [-0.3, -0.25) is 4.79 Å². The molecule has 1 rings (SSSR count). The third-order valence-corrected chi connectivity index (χ3v) is 2.45. The molecule has 1 unspecified atom stereocenters. The Bertz CT molecular complexity index is 356. The highest BCUT2D eigenvalue weighted by Gasteiger charge is 2.06. The van der Waals surface area contributed by atoms with Gasteiger partial charge in [0.15, 0.2) is 0 Å². The van der Waals surface area contributed by atoms with Gasteiger partial charge >= 0.3 is 0 Å². The lowest BCUT2D eigenvalue weighted by Crippen LogP contribution is -2.35. The molecule has 16 heavy (non-hydrogen) atoms. The first-order chi connectivity index (χ1) is 7.59. The summed E-state index contributed by atoms with van der Waals surface area (Å²) in [5.74, 6) is -0.351. The Kier molecular flexibility index (Phi) is 5.28. The monoisotopic (exact) mass is 286 g/mol. The van der Waals surface area contributed by atoms with Crippen LogP contribution in [0.3, 0.4) is 0 Å². The van der Waals surface area contributed by atoms with Gasteiger partial charge in [-0.05, 0) is 25.1 Å². The Hall–Kier alpha value is -1.07. The second kappa shape index (κ2) is 6.50. The van der Waals surface area contributed by atoms with Gasteiger partial charge in [0, 0.05) is 23.2 Å². The number of hydrogen-bond acceptors (Lipinski definition) is 3. The molecule has 0 aromatic heterocycles. The van der Waals surface area contributed by atoms with E-state index in [4.69, 9.17) is 5.11 Å².